The topological polar surface area (TPSA) is 128 Å². The Balaban J connectivity index is 2.16. The van der Waals surface area contributed by atoms with Gasteiger partial charge in [0.05, 0.1) is 30.6 Å². The fraction of sp³-hybridized carbons (Fsp3) is 0.417. The van der Waals surface area contributed by atoms with Crippen molar-refractivity contribution in [1.29, 1.82) is 0 Å². The minimum absolute atomic E-state index is 0.110. The predicted octanol–water partition coefficient (Wildman–Crippen LogP) is 2.93. The Morgan fingerprint density at radius 2 is 1.88 bits per heavy atom. The summed E-state index contributed by atoms with van der Waals surface area (Å²) in [4.78, 5) is 15.5. The lowest BCUT2D eigenvalue weighted by Crippen LogP contribution is -2.28. The van der Waals surface area contributed by atoms with Gasteiger partial charge in [0, 0.05) is 24.1 Å². The zero-order chi connectivity index (χ0) is 25.2. The number of carboxylic acids is 1. The Morgan fingerprint density at radius 1 is 1.24 bits per heavy atom. The highest BCUT2D eigenvalue weighted by Crippen LogP contribution is 2.42. The number of carbonyl (C=O) groups is 1. The Morgan fingerprint density at radius 3 is 2.44 bits per heavy atom. The lowest BCUT2D eigenvalue weighted by molar-refractivity contribution is -0.139. The van der Waals surface area contributed by atoms with Crippen LogP contribution in [0.4, 0.5) is 10.2 Å². The molecule has 0 saturated heterocycles. The number of nitrogens with zero attached hydrogens (tertiary/aromatic N) is 2. The van der Waals surface area contributed by atoms with Crippen LogP contribution in [0.25, 0.3) is 17.2 Å². The van der Waals surface area contributed by atoms with Crippen molar-refractivity contribution in [2.24, 2.45) is 0 Å². The van der Waals surface area contributed by atoms with E-state index in [1.54, 1.807) is 18.2 Å². The number of carboxylic acid groups (broad SMARTS) is 1. The normalized spacial score (nSPS) is 15.7. The van der Waals surface area contributed by atoms with Crippen LogP contribution in [0.2, 0.25) is 0 Å². The number of halogens is 1. The molecule has 1 aliphatic rings. The predicted molar refractivity (Wildman–Crippen MR) is 128 cm³/mol. The highest BCUT2D eigenvalue weighted by molar-refractivity contribution is 7.92. The molecular formula is C24H29FN2O6S. The molecule has 1 aliphatic heterocycles. The number of benzene rings is 1. The van der Waals surface area contributed by atoms with E-state index in [0.717, 1.165) is 6.26 Å². The summed E-state index contributed by atoms with van der Waals surface area (Å²) in [6.45, 7) is 4.06. The van der Waals surface area contributed by atoms with Crippen LogP contribution in [-0.4, -0.2) is 59.7 Å². The summed E-state index contributed by atoms with van der Waals surface area (Å²) in [7, 11) is -3.55. The summed E-state index contributed by atoms with van der Waals surface area (Å²) in [5.41, 5.74) is 3.35. The lowest BCUT2D eigenvalue weighted by Gasteiger charge is -2.22. The first-order chi connectivity index (χ1) is 15.9. The van der Waals surface area contributed by atoms with Gasteiger partial charge in [0.2, 0.25) is 10.0 Å². The van der Waals surface area contributed by atoms with Crippen LogP contribution in [0.1, 0.15) is 49.4 Å². The largest absolute Gasteiger partial charge is 0.481 e. The van der Waals surface area contributed by atoms with E-state index in [-0.39, 0.29) is 18.9 Å². The van der Waals surface area contributed by atoms with Crippen LogP contribution in [0.15, 0.2) is 30.3 Å². The number of anilines is 1. The van der Waals surface area contributed by atoms with Crippen molar-refractivity contribution in [3.63, 3.8) is 0 Å². The second kappa shape index (κ2) is 10.2. The lowest BCUT2D eigenvalue weighted by atomic mass is 9.89. The number of aliphatic carboxylic acids is 1. The van der Waals surface area contributed by atoms with Gasteiger partial charge in [0.15, 0.2) is 0 Å². The molecule has 0 bridgehead atoms. The molecule has 2 aromatic rings. The van der Waals surface area contributed by atoms with Gasteiger partial charge >= 0.3 is 5.97 Å². The summed E-state index contributed by atoms with van der Waals surface area (Å²) in [5, 5.41) is 29.0. The van der Waals surface area contributed by atoms with Gasteiger partial charge in [-0.2, -0.15) is 0 Å². The highest BCUT2D eigenvalue weighted by Gasteiger charge is 2.33. The van der Waals surface area contributed by atoms with E-state index >= 15 is 0 Å². The van der Waals surface area contributed by atoms with E-state index in [1.165, 1.54) is 22.5 Å². The summed E-state index contributed by atoms with van der Waals surface area (Å²) >= 11 is 0. The van der Waals surface area contributed by atoms with Crippen molar-refractivity contribution in [3.8, 4) is 11.1 Å². The van der Waals surface area contributed by atoms with Gasteiger partial charge in [-0.05, 0) is 35.6 Å². The number of hydrogen-bond donors (Lipinski definition) is 3. The molecule has 10 heteroatoms. The van der Waals surface area contributed by atoms with Gasteiger partial charge < -0.3 is 15.3 Å². The maximum Gasteiger partial charge on any atom is 0.305 e. The SMILES string of the molecule is CC(C)c1nc2c(c(-c3ccc(F)cc3)c1C=CC(O)CC(O)CC(=O)O)CCN2S(C)(=O)=O. The first-order valence-corrected chi connectivity index (χ1v) is 12.8. The average molecular weight is 493 g/mol. The fourth-order valence-electron chi connectivity index (χ4n) is 4.13. The Kier molecular flexibility index (Phi) is 7.74. The minimum Gasteiger partial charge on any atom is -0.481 e. The number of aromatic nitrogens is 1. The zero-order valence-electron chi connectivity index (χ0n) is 19.3. The molecule has 2 heterocycles. The van der Waals surface area contributed by atoms with Gasteiger partial charge in [-0.3, -0.25) is 9.10 Å². The van der Waals surface area contributed by atoms with Crippen LogP contribution < -0.4 is 4.31 Å². The van der Waals surface area contributed by atoms with Crippen LogP contribution >= 0.6 is 0 Å². The van der Waals surface area contributed by atoms with Crippen LogP contribution in [0, 0.1) is 5.82 Å². The van der Waals surface area contributed by atoms with Crippen molar-refractivity contribution in [2.45, 2.75) is 51.2 Å². The third kappa shape index (κ3) is 5.81. The molecule has 34 heavy (non-hydrogen) atoms. The fourth-order valence-corrected chi connectivity index (χ4v) is 5.02. The van der Waals surface area contributed by atoms with Crippen LogP contribution in [0.5, 0.6) is 0 Å². The highest BCUT2D eigenvalue weighted by atomic mass is 32.2. The first kappa shape index (κ1) is 25.8. The van der Waals surface area contributed by atoms with E-state index in [1.807, 2.05) is 13.8 Å². The molecule has 0 aliphatic carbocycles. The van der Waals surface area contributed by atoms with Gasteiger partial charge in [-0.25, -0.2) is 17.8 Å². The molecule has 0 saturated carbocycles. The first-order valence-electron chi connectivity index (χ1n) is 10.9. The number of aliphatic hydroxyl groups is 2. The molecule has 0 radical (unpaired) electrons. The van der Waals surface area contributed by atoms with E-state index in [0.29, 0.717) is 40.2 Å². The standard InChI is InChI=1S/C24H29FN2O6S/c1-14(2)23-19(9-8-17(28)12-18(29)13-21(30)31)22(15-4-6-16(25)7-5-15)20-10-11-27(24(20)26-23)34(3,32)33/h4-9,14,17-18,28-29H,10-13H2,1-3H3,(H,30,31). The maximum absolute atomic E-state index is 13.7. The number of aliphatic hydroxyl groups excluding tert-OH is 2. The summed E-state index contributed by atoms with van der Waals surface area (Å²) in [5.74, 6) is -1.33. The summed E-state index contributed by atoms with van der Waals surface area (Å²) in [6, 6.07) is 5.88. The van der Waals surface area contributed by atoms with Crippen LogP contribution in [0.3, 0.4) is 0 Å². The monoisotopic (exact) mass is 492 g/mol. The zero-order valence-corrected chi connectivity index (χ0v) is 20.1. The van der Waals surface area contributed by atoms with Crippen molar-refractivity contribution in [3.05, 3.63) is 53.0 Å². The van der Waals surface area contributed by atoms with E-state index in [2.05, 4.69) is 0 Å². The van der Waals surface area contributed by atoms with Crippen molar-refractivity contribution < 1.29 is 32.9 Å². The molecule has 0 amide bonds. The van der Waals surface area contributed by atoms with Crippen molar-refractivity contribution >= 4 is 27.9 Å². The molecule has 0 fully saturated rings. The third-order valence-electron chi connectivity index (χ3n) is 5.63. The van der Waals surface area contributed by atoms with Gasteiger partial charge in [0.25, 0.3) is 0 Å². The molecule has 8 nitrogen and oxygen atoms in total. The molecule has 3 N–H and O–H groups in total. The molecule has 0 spiro atoms. The Labute approximate surface area is 198 Å². The second-order valence-corrected chi connectivity index (χ2v) is 10.7. The summed E-state index contributed by atoms with van der Waals surface area (Å²) in [6.07, 6.45) is 1.69. The minimum atomic E-state index is -3.55. The van der Waals surface area contributed by atoms with E-state index in [9.17, 15) is 27.8 Å². The number of rotatable bonds is 9. The molecule has 2 atom stereocenters. The average Bonchev–Trinajstić information content (AvgIpc) is 3.15. The number of hydrogen-bond acceptors (Lipinski definition) is 6. The quantitative estimate of drug-likeness (QED) is 0.491. The molecule has 1 aromatic carbocycles. The Bertz CT molecular complexity index is 1190. The second-order valence-electron chi connectivity index (χ2n) is 8.75. The molecule has 1 aromatic heterocycles. The Hall–Kier alpha value is -2.82. The molecule has 3 rings (SSSR count). The van der Waals surface area contributed by atoms with Crippen molar-refractivity contribution in [2.75, 3.05) is 17.1 Å². The molecule has 184 valence electrons. The van der Waals surface area contributed by atoms with E-state index in [4.69, 9.17) is 10.1 Å². The number of fused-ring (bicyclic) bond motifs is 1. The van der Waals surface area contributed by atoms with Gasteiger partial charge in [-0.1, -0.05) is 38.1 Å². The van der Waals surface area contributed by atoms with Gasteiger partial charge in [0.1, 0.15) is 11.6 Å². The van der Waals surface area contributed by atoms with Crippen LogP contribution in [-0.2, 0) is 21.2 Å². The van der Waals surface area contributed by atoms with Gasteiger partial charge in [-0.15, -0.1) is 0 Å². The third-order valence-corrected chi connectivity index (χ3v) is 6.79. The van der Waals surface area contributed by atoms with Crippen molar-refractivity contribution in [1.82, 2.24) is 4.98 Å². The van der Waals surface area contributed by atoms with E-state index < -0.39 is 40.4 Å². The molecule has 2 unspecified atom stereocenters. The number of pyridine rings is 1. The molecular weight excluding hydrogens is 463 g/mol. The maximum atomic E-state index is 13.7. The summed E-state index contributed by atoms with van der Waals surface area (Å²) < 4.78 is 39.7. The number of sulfonamides is 1. The smallest absolute Gasteiger partial charge is 0.305 e.